The number of nitrogens with zero attached hydrogens (tertiary/aromatic N) is 1. The summed E-state index contributed by atoms with van der Waals surface area (Å²) in [6, 6.07) is 10.9. The van der Waals surface area contributed by atoms with Crippen LogP contribution in [0.3, 0.4) is 0 Å². The molecule has 0 radical (unpaired) electrons. The zero-order valence-electron chi connectivity index (χ0n) is 13.1. The molecule has 0 bridgehead atoms. The molecule has 0 unspecified atom stereocenters. The molecule has 0 aliphatic carbocycles. The van der Waals surface area contributed by atoms with Crippen molar-refractivity contribution in [2.75, 3.05) is 17.7 Å². The van der Waals surface area contributed by atoms with Gasteiger partial charge in [-0.25, -0.2) is 9.78 Å². The molecule has 0 aliphatic heterocycles. The molecule has 1 heterocycles. The molecule has 118 valence electrons. The lowest BCUT2D eigenvalue weighted by molar-refractivity contribution is 0.262. The molecule has 0 saturated heterocycles. The summed E-state index contributed by atoms with van der Waals surface area (Å²) in [7, 11) is 1.60. The van der Waals surface area contributed by atoms with E-state index in [1.807, 2.05) is 13.0 Å². The second kappa shape index (κ2) is 6.26. The van der Waals surface area contributed by atoms with Gasteiger partial charge in [0, 0.05) is 5.69 Å². The average molecular weight is 327 g/mol. The third-order valence-electron chi connectivity index (χ3n) is 3.65. The van der Waals surface area contributed by atoms with Crippen LogP contribution in [0, 0.1) is 13.8 Å². The molecule has 0 saturated carbocycles. The van der Waals surface area contributed by atoms with Crippen molar-refractivity contribution in [2.45, 2.75) is 13.8 Å². The Labute approximate surface area is 138 Å². The number of hydrogen-bond donors (Lipinski definition) is 2. The Morgan fingerprint density at radius 1 is 1.09 bits per heavy atom. The van der Waals surface area contributed by atoms with Gasteiger partial charge in [-0.1, -0.05) is 17.4 Å². The summed E-state index contributed by atoms with van der Waals surface area (Å²) in [6.07, 6.45) is 0. The predicted molar refractivity (Wildman–Crippen MR) is 94.7 cm³/mol. The number of nitrogens with one attached hydrogen (secondary N) is 2. The van der Waals surface area contributed by atoms with Gasteiger partial charge in [-0.05, 0) is 55.3 Å². The van der Waals surface area contributed by atoms with Gasteiger partial charge < -0.3 is 10.1 Å². The lowest BCUT2D eigenvalue weighted by atomic mass is 10.1. The van der Waals surface area contributed by atoms with Crippen LogP contribution in [0.2, 0.25) is 0 Å². The first-order valence-corrected chi connectivity index (χ1v) is 7.97. The molecule has 3 aromatic rings. The fourth-order valence-corrected chi connectivity index (χ4v) is 3.13. The molecular formula is C17H17N3O2S. The number of thiazole rings is 1. The van der Waals surface area contributed by atoms with Crippen LogP contribution in [-0.4, -0.2) is 18.1 Å². The Morgan fingerprint density at radius 2 is 1.83 bits per heavy atom. The standard InChI is InChI=1S/C17H17N3O2S/c1-10-4-9-14-15(11(10)2)19-17(23-14)20-16(21)18-12-5-7-13(22-3)8-6-12/h4-9H,1-3H3,(H2,18,19,20,21). The maximum absolute atomic E-state index is 12.1. The zero-order valence-corrected chi connectivity index (χ0v) is 14.0. The van der Waals surface area contributed by atoms with E-state index >= 15 is 0 Å². The van der Waals surface area contributed by atoms with Gasteiger partial charge in [-0.15, -0.1) is 0 Å². The Balaban J connectivity index is 1.73. The lowest BCUT2D eigenvalue weighted by Gasteiger charge is -2.06. The van der Waals surface area contributed by atoms with Crippen LogP contribution in [0.15, 0.2) is 36.4 Å². The van der Waals surface area contributed by atoms with Crippen molar-refractivity contribution >= 4 is 38.4 Å². The van der Waals surface area contributed by atoms with Crippen molar-refractivity contribution in [3.05, 3.63) is 47.5 Å². The number of benzene rings is 2. The van der Waals surface area contributed by atoms with E-state index in [1.54, 1.807) is 31.4 Å². The number of carbonyl (C=O) groups is 1. The predicted octanol–water partition coefficient (Wildman–Crippen LogP) is 4.57. The van der Waals surface area contributed by atoms with Gasteiger partial charge in [0.2, 0.25) is 0 Å². The van der Waals surface area contributed by atoms with Crippen LogP contribution >= 0.6 is 11.3 Å². The number of aromatic nitrogens is 1. The summed E-state index contributed by atoms with van der Waals surface area (Å²) < 4.78 is 6.15. The highest BCUT2D eigenvalue weighted by Gasteiger charge is 2.10. The van der Waals surface area contributed by atoms with E-state index in [0.29, 0.717) is 10.8 Å². The van der Waals surface area contributed by atoms with Gasteiger partial charge in [0.15, 0.2) is 5.13 Å². The van der Waals surface area contributed by atoms with E-state index < -0.39 is 0 Å². The smallest absolute Gasteiger partial charge is 0.325 e. The van der Waals surface area contributed by atoms with E-state index in [9.17, 15) is 4.79 Å². The van der Waals surface area contributed by atoms with E-state index in [-0.39, 0.29) is 6.03 Å². The molecule has 2 amide bonds. The Morgan fingerprint density at radius 3 is 2.52 bits per heavy atom. The van der Waals surface area contributed by atoms with Crippen LogP contribution in [0.1, 0.15) is 11.1 Å². The minimum atomic E-state index is -0.316. The molecule has 5 nitrogen and oxygen atoms in total. The monoisotopic (exact) mass is 327 g/mol. The fourth-order valence-electron chi connectivity index (χ4n) is 2.21. The molecule has 3 rings (SSSR count). The molecule has 23 heavy (non-hydrogen) atoms. The van der Waals surface area contributed by atoms with Crippen molar-refractivity contribution in [1.29, 1.82) is 0 Å². The zero-order chi connectivity index (χ0) is 16.4. The molecule has 0 aliphatic rings. The van der Waals surface area contributed by atoms with Gasteiger partial charge in [-0.3, -0.25) is 5.32 Å². The van der Waals surface area contributed by atoms with Crippen molar-refractivity contribution in [2.24, 2.45) is 0 Å². The maximum atomic E-state index is 12.1. The number of ether oxygens (including phenoxy) is 1. The number of urea groups is 1. The topological polar surface area (TPSA) is 63.2 Å². The summed E-state index contributed by atoms with van der Waals surface area (Å²) in [5.74, 6) is 0.743. The third kappa shape index (κ3) is 3.27. The third-order valence-corrected chi connectivity index (χ3v) is 4.59. The summed E-state index contributed by atoms with van der Waals surface area (Å²) in [5.41, 5.74) is 3.96. The van der Waals surface area contributed by atoms with Crippen molar-refractivity contribution in [3.63, 3.8) is 0 Å². The van der Waals surface area contributed by atoms with Gasteiger partial charge in [0.25, 0.3) is 0 Å². The summed E-state index contributed by atoms with van der Waals surface area (Å²) in [6.45, 7) is 4.09. The number of anilines is 2. The van der Waals surface area contributed by atoms with Crippen LogP contribution < -0.4 is 15.4 Å². The average Bonchev–Trinajstić information content (AvgIpc) is 2.95. The fraction of sp³-hybridized carbons (Fsp3) is 0.176. The summed E-state index contributed by atoms with van der Waals surface area (Å²) in [5, 5.41) is 6.14. The van der Waals surface area contributed by atoms with Gasteiger partial charge in [-0.2, -0.15) is 0 Å². The maximum Gasteiger partial charge on any atom is 0.325 e. The number of carbonyl (C=O) groups excluding carboxylic acids is 1. The van der Waals surface area contributed by atoms with Crippen LogP contribution in [0.25, 0.3) is 10.2 Å². The molecule has 6 heteroatoms. The van der Waals surface area contributed by atoms with Crippen molar-refractivity contribution in [1.82, 2.24) is 4.98 Å². The highest BCUT2D eigenvalue weighted by molar-refractivity contribution is 7.22. The van der Waals surface area contributed by atoms with E-state index in [0.717, 1.165) is 21.5 Å². The quantitative estimate of drug-likeness (QED) is 0.741. The molecule has 2 aromatic carbocycles. The van der Waals surface area contributed by atoms with Crippen molar-refractivity contribution in [3.8, 4) is 5.75 Å². The molecule has 1 aromatic heterocycles. The second-order valence-corrected chi connectivity index (χ2v) is 6.21. The summed E-state index contributed by atoms with van der Waals surface area (Å²) in [4.78, 5) is 16.6. The van der Waals surface area contributed by atoms with Gasteiger partial charge >= 0.3 is 6.03 Å². The first-order chi connectivity index (χ1) is 11.1. The Bertz CT molecular complexity index is 856. The SMILES string of the molecule is COc1ccc(NC(=O)Nc2nc3c(C)c(C)ccc3s2)cc1. The Kier molecular flexibility index (Phi) is 4.16. The van der Waals surface area contributed by atoms with Crippen LogP contribution in [0.4, 0.5) is 15.6 Å². The number of aryl methyl sites for hydroxylation is 2. The number of fused-ring (bicyclic) bond motifs is 1. The first kappa shape index (κ1) is 15.3. The normalized spacial score (nSPS) is 10.6. The molecule has 0 atom stereocenters. The second-order valence-electron chi connectivity index (χ2n) is 5.18. The van der Waals surface area contributed by atoms with Gasteiger partial charge in [0.05, 0.1) is 17.3 Å². The molecule has 2 N–H and O–H groups in total. The molecule has 0 spiro atoms. The molecular weight excluding hydrogens is 310 g/mol. The van der Waals surface area contributed by atoms with E-state index in [2.05, 4.69) is 28.6 Å². The largest absolute Gasteiger partial charge is 0.497 e. The lowest BCUT2D eigenvalue weighted by Crippen LogP contribution is -2.19. The number of hydrogen-bond acceptors (Lipinski definition) is 4. The van der Waals surface area contributed by atoms with Crippen LogP contribution in [0.5, 0.6) is 5.75 Å². The minimum absolute atomic E-state index is 0.316. The van der Waals surface area contributed by atoms with Crippen molar-refractivity contribution < 1.29 is 9.53 Å². The van der Waals surface area contributed by atoms with Gasteiger partial charge in [0.1, 0.15) is 5.75 Å². The Hall–Kier alpha value is -2.60. The first-order valence-electron chi connectivity index (χ1n) is 7.15. The number of methoxy groups -OCH3 is 1. The number of rotatable bonds is 3. The highest BCUT2D eigenvalue weighted by Crippen LogP contribution is 2.29. The van der Waals surface area contributed by atoms with Crippen LogP contribution in [-0.2, 0) is 0 Å². The highest BCUT2D eigenvalue weighted by atomic mass is 32.1. The van der Waals surface area contributed by atoms with E-state index in [1.165, 1.54) is 16.9 Å². The summed E-state index contributed by atoms with van der Waals surface area (Å²) >= 11 is 1.46. The minimum Gasteiger partial charge on any atom is -0.497 e. The molecule has 0 fully saturated rings. The van der Waals surface area contributed by atoms with E-state index in [4.69, 9.17) is 4.74 Å². The number of amides is 2.